The molecular weight excluding hydrogens is 364 g/mol. The van der Waals surface area contributed by atoms with Crippen molar-refractivity contribution in [1.82, 2.24) is 20.4 Å². The van der Waals surface area contributed by atoms with Gasteiger partial charge in [-0.1, -0.05) is 54.5 Å². The van der Waals surface area contributed by atoms with Crippen LogP contribution in [0.4, 0.5) is 0 Å². The van der Waals surface area contributed by atoms with Gasteiger partial charge in [-0.2, -0.15) is 4.98 Å². The van der Waals surface area contributed by atoms with Crippen molar-refractivity contribution in [3.63, 3.8) is 0 Å². The molecule has 2 aromatic heterocycles. The Morgan fingerprint density at radius 3 is 2.76 bits per heavy atom. The predicted octanol–water partition coefficient (Wildman–Crippen LogP) is 4.07. The Bertz CT molecular complexity index is 1100. The average Bonchev–Trinajstić information content (AvgIpc) is 3.40. The number of carbonyl (C=O) groups excluding carboxylic acids is 1. The maximum absolute atomic E-state index is 12.1. The van der Waals surface area contributed by atoms with Crippen LogP contribution in [0.3, 0.4) is 0 Å². The molecule has 2 N–H and O–H groups in total. The van der Waals surface area contributed by atoms with Crippen molar-refractivity contribution in [2.45, 2.75) is 32.6 Å². The van der Waals surface area contributed by atoms with E-state index in [1.54, 1.807) is 0 Å². The first kappa shape index (κ1) is 18.9. The van der Waals surface area contributed by atoms with E-state index in [9.17, 15) is 4.79 Å². The summed E-state index contributed by atoms with van der Waals surface area (Å²) in [4.78, 5) is 19.8. The van der Waals surface area contributed by atoms with Crippen LogP contribution in [0.1, 0.15) is 30.4 Å². The molecule has 148 valence electrons. The zero-order valence-corrected chi connectivity index (χ0v) is 16.4. The lowest BCUT2D eigenvalue weighted by Crippen LogP contribution is -2.25. The molecule has 4 rings (SSSR count). The van der Waals surface area contributed by atoms with Crippen LogP contribution >= 0.6 is 0 Å². The minimum Gasteiger partial charge on any atom is -0.361 e. The number of benzene rings is 2. The summed E-state index contributed by atoms with van der Waals surface area (Å²) in [5.41, 5.74) is 4.50. The summed E-state index contributed by atoms with van der Waals surface area (Å²) >= 11 is 0. The van der Waals surface area contributed by atoms with Crippen LogP contribution in [0.2, 0.25) is 0 Å². The van der Waals surface area contributed by atoms with Crippen molar-refractivity contribution in [1.29, 1.82) is 0 Å². The lowest BCUT2D eigenvalue weighted by molar-refractivity contribution is -0.121. The van der Waals surface area contributed by atoms with Gasteiger partial charge in [0.25, 0.3) is 0 Å². The van der Waals surface area contributed by atoms with Crippen molar-refractivity contribution < 1.29 is 9.32 Å². The molecule has 0 aliphatic rings. The van der Waals surface area contributed by atoms with Crippen LogP contribution in [-0.2, 0) is 24.1 Å². The maximum atomic E-state index is 12.1. The predicted molar refractivity (Wildman–Crippen MR) is 112 cm³/mol. The Morgan fingerprint density at radius 2 is 1.93 bits per heavy atom. The van der Waals surface area contributed by atoms with E-state index in [0.29, 0.717) is 31.1 Å². The molecule has 0 unspecified atom stereocenters. The maximum Gasteiger partial charge on any atom is 0.227 e. The molecule has 1 amide bonds. The van der Waals surface area contributed by atoms with Gasteiger partial charge < -0.3 is 14.8 Å². The first-order valence-corrected chi connectivity index (χ1v) is 9.96. The largest absolute Gasteiger partial charge is 0.361 e. The van der Waals surface area contributed by atoms with Gasteiger partial charge in [-0.3, -0.25) is 4.79 Å². The number of nitrogens with one attached hydrogen (secondary N) is 2. The average molecular weight is 388 g/mol. The van der Waals surface area contributed by atoms with E-state index in [1.807, 2.05) is 36.5 Å². The van der Waals surface area contributed by atoms with E-state index < -0.39 is 0 Å². The quantitative estimate of drug-likeness (QED) is 0.476. The smallest absolute Gasteiger partial charge is 0.227 e. The number of aryl methyl sites for hydroxylation is 2. The van der Waals surface area contributed by atoms with Gasteiger partial charge in [-0.25, -0.2) is 0 Å². The molecule has 6 nitrogen and oxygen atoms in total. The lowest BCUT2D eigenvalue weighted by Gasteiger charge is -2.03. The number of nitrogens with zero attached hydrogens (tertiary/aromatic N) is 2. The Morgan fingerprint density at radius 1 is 1.10 bits per heavy atom. The molecule has 29 heavy (non-hydrogen) atoms. The van der Waals surface area contributed by atoms with E-state index in [1.165, 1.54) is 16.5 Å². The number of amides is 1. The molecule has 2 aromatic carbocycles. The van der Waals surface area contributed by atoms with Gasteiger partial charge in [0.1, 0.15) is 0 Å². The number of H-pyrrole nitrogens is 1. The van der Waals surface area contributed by atoms with Crippen LogP contribution < -0.4 is 5.32 Å². The first-order valence-electron chi connectivity index (χ1n) is 9.96. The van der Waals surface area contributed by atoms with Crippen LogP contribution in [-0.4, -0.2) is 27.6 Å². The Kier molecular flexibility index (Phi) is 5.70. The van der Waals surface area contributed by atoms with Gasteiger partial charge in [0.15, 0.2) is 0 Å². The van der Waals surface area contributed by atoms with E-state index in [2.05, 4.69) is 45.6 Å². The summed E-state index contributed by atoms with van der Waals surface area (Å²) < 4.78 is 5.29. The summed E-state index contributed by atoms with van der Waals surface area (Å²) in [5, 5.41) is 8.19. The summed E-state index contributed by atoms with van der Waals surface area (Å²) in [5.74, 6) is 1.02. The molecule has 2 heterocycles. The van der Waals surface area contributed by atoms with Gasteiger partial charge in [0, 0.05) is 42.0 Å². The molecule has 0 atom stereocenters. The summed E-state index contributed by atoms with van der Waals surface area (Å²) in [7, 11) is 0. The molecule has 0 aliphatic carbocycles. The third kappa shape index (κ3) is 4.54. The fourth-order valence-corrected chi connectivity index (χ4v) is 3.35. The molecule has 0 fully saturated rings. The van der Waals surface area contributed by atoms with Gasteiger partial charge in [-0.05, 0) is 30.0 Å². The van der Waals surface area contributed by atoms with Crippen molar-refractivity contribution in [3.05, 3.63) is 71.7 Å². The molecular formula is C23H24N4O2. The van der Waals surface area contributed by atoms with E-state index >= 15 is 0 Å². The summed E-state index contributed by atoms with van der Waals surface area (Å²) in [6, 6.07) is 16.3. The number of rotatable bonds is 8. The van der Waals surface area contributed by atoms with E-state index in [-0.39, 0.29) is 5.91 Å². The molecule has 0 aliphatic heterocycles. The number of hydrogen-bond acceptors (Lipinski definition) is 4. The molecule has 6 heteroatoms. The number of para-hydroxylation sites is 1. The fourth-order valence-electron chi connectivity index (χ4n) is 3.35. The molecule has 0 saturated heterocycles. The Labute approximate surface area is 169 Å². The monoisotopic (exact) mass is 388 g/mol. The SMILES string of the molecule is CCc1ccc(-c2noc(CCC(=O)NCCc3c[nH]c4ccccc34)n2)cc1. The molecule has 0 radical (unpaired) electrons. The highest BCUT2D eigenvalue weighted by molar-refractivity contribution is 5.83. The zero-order valence-electron chi connectivity index (χ0n) is 16.4. The molecule has 0 saturated carbocycles. The number of aromatic nitrogens is 3. The number of fused-ring (bicyclic) bond motifs is 1. The standard InChI is InChI=1S/C23H24N4O2/c1-2-16-7-9-17(10-8-16)23-26-22(29-27-23)12-11-21(28)24-14-13-18-15-25-20-6-4-3-5-19(18)20/h3-10,15,25H,2,11-14H2,1H3,(H,24,28). The van der Waals surface area contributed by atoms with E-state index in [4.69, 9.17) is 4.52 Å². The first-order chi connectivity index (χ1) is 14.2. The minimum atomic E-state index is -0.0168. The van der Waals surface area contributed by atoms with Crippen molar-refractivity contribution >= 4 is 16.8 Å². The highest BCUT2D eigenvalue weighted by Gasteiger charge is 2.11. The normalized spacial score (nSPS) is 11.1. The number of hydrogen-bond donors (Lipinski definition) is 2. The van der Waals surface area contributed by atoms with E-state index in [0.717, 1.165) is 23.9 Å². The Balaban J connectivity index is 1.25. The highest BCUT2D eigenvalue weighted by Crippen LogP contribution is 2.18. The van der Waals surface area contributed by atoms with Crippen LogP contribution in [0, 0.1) is 0 Å². The second kappa shape index (κ2) is 8.73. The third-order valence-corrected chi connectivity index (χ3v) is 5.05. The second-order valence-electron chi connectivity index (χ2n) is 7.02. The van der Waals surface area contributed by atoms with Crippen molar-refractivity contribution in [3.8, 4) is 11.4 Å². The Hall–Kier alpha value is -3.41. The van der Waals surface area contributed by atoms with Crippen LogP contribution in [0.25, 0.3) is 22.3 Å². The van der Waals surface area contributed by atoms with Gasteiger partial charge in [0.2, 0.25) is 17.6 Å². The van der Waals surface area contributed by atoms with Crippen LogP contribution in [0.5, 0.6) is 0 Å². The topological polar surface area (TPSA) is 83.8 Å². The molecule has 0 bridgehead atoms. The molecule has 4 aromatic rings. The van der Waals surface area contributed by atoms with Gasteiger partial charge in [-0.15, -0.1) is 0 Å². The van der Waals surface area contributed by atoms with Crippen LogP contribution in [0.15, 0.2) is 59.3 Å². The van der Waals surface area contributed by atoms with Gasteiger partial charge in [0.05, 0.1) is 0 Å². The number of carbonyl (C=O) groups is 1. The summed E-state index contributed by atoms with van der Waals surface area (Å²) in [6.45, 7) is 2.71. The van der Waals surface area contributed by atoms with Crippen molar-refractivity contribution in [2.75, 3.05) is 6.54 Å². The number of aromatic amines is 1. The molecule has 0 spiro atoms. The third-order valence-electron chi connectivity index (χ3n) is 5.05. The second-order valence-corrected chi connectivity index (χ2v) is 7.02. The lowest BCUT2D eigenvalue weighted by atomic mass is 10.1. The minimum absolute atomic E-state index is 0.0168. The summed E-state index contributed by atoms with van der Waals surface area (Å²) in [6.07, 6.45) is 4.54. The zero-order chi connectivity index (χ0) is 20.1. The fraction of sp³-hybridized carbons (Fsp3) is 0.261. The highest BCUT2D eigenvalue weighted by atomic mass is 16.5. The van der Waals surface area contributed by atoms with Crippen molar-refractivity contribution in [2.24, 2.45) is 0 Å². The van der Waals surface area contributed by atoms with Gasteiger partial charge >= 0.3 is 0 Å².